The summed E-state index contributed by atoms with van der Waals surface area (Å²) in [6.07, 6.45) is 0. The van der Waals surface area contributed by atoms with Crippen LogP contribution < -0.4 is 10.6 Å². The third-order valence-corrected chi connectivity index (χ3v) is 9.08. The number of nitrogens with one attached hydrogen (secondary N) is 2. The Morgan fingerprint density at radius 1 is 0.200 bits per heavy atom. The fourth-order valence-corrected chi connectivity index (χ4v) is 6.41. The van der Waals surface area contributed by atoms with Crippen LogP contribution in [0.5, 0.6) is 0 Å². The monoisotopic (exact) mass is 640 g/mol. The van der Waals surface area contributed by atoms with E-state index in [4.69, 9.17) is 0 Å². The first-order valence-corrected chi connectivity index (χ1v) is 17.0. The lowest BCUT2D eigenvalue weighted by molar-refractivity contribution is 1.51. The lowest BCUT2D eigenvalue weighted by Crippen LogP contribution is -1.94. The van der Waals surface area contributed by atoms with E-state index in [0.717, 1.165) is 28.3 Å². The van der Waals surface area contributed by atoms with Gasteiger partial charge in [-0.3, -0.25) is 0 Å². The van der Waals surface area contributed by atoms with Gasteiger partial charge in [0.1, 0.15) is 0 Å². The van der Waals surface area contributed by atoms with Crippen molar-refractivity contribution in [1.29, 1.82) is 0 Å². The summed E-state index contributed by atoms with van der Waals surface area (Å²) in [6.45, 7) is 0. The van der Waals surface area contributed by atoms with Crippen LogP contribution in [0.1, 0.15) is 0 Å². The second-order valence-electron chi connectivity index (χ2n) is 12.4. The maximum atomic E-state index is 3.65. The van der Waals surface area contributed by atoms with Gasteiger partial charge >= 0.3 is 0 Å². The molecule has 0 unspecified atom stereocenters. The Bertz CT molecular complexity index is 2290. The van der Waals surface area contributed by atoms with E-state index in [2.05, 4.69) is 205 Å². The Kier molecular flexibility index (Phi) is 8.73. The van der Waals surface area contributed by atoms with Crippen molar-refractivity contribution in [3.05, 3.63) is 206 Å². The molecule has 8 aromatic carbocycles. The minimum Gasteiger partial charge on any atom is -0.356 e. The van der Waals surface area contributed by atoms with Gasteiger partial charge in [-0.2, -0.15) is 0 Å². The fourth-order valence-electron chi connectivity index (χ4n) is 6.41. The Morgan fingerprint density at radius 3 is 0.900 bits per heavy atom. The molecule has 0 aliphatic rings. The van der Waals surface area contributed by atoms with Crippen molar-refractivity contribution in [3.8, 4) is 55.6 Å². The Morgan fingerprint density at radius 2 is 0.480 bits per heavy atom. The van der Waals surface area contributed by atoms with Gasteiger partial charge in [-0.1, -0.05) is 158 Å². The summed E-state index contributed by atoms with van der Waals surface area (Å²) >= 11 is 0. The molecule has 0 spiro atoms. The Balaban J connectivity index is 1.07. The summed E-state index contributed by atoms with van der Waals surface area (Å²) in [5.74, 6) is 0. The van der Waals surface area contributed by atoms with Gasteiger partial charge in [-0.05, 0) is 104 Å². The van der Waals surface area contributed by atoms with Crippen molar-refractivity contribution in [2.45, 2.75) is 0 Å². The number of hydrogen-bond acceptors (Lipinski definition) is 2. The van der Waals surface area contributed by atoms with Crippen LogP contribution in [0.2, 0.25) is 0 Å². The van der Waals surface area contributed by atoms with Crippen molar-refractivity contribution < 1.29 is 0 Å². The van der Waals surface area contributed by atoms with E-state index in [9.17, 15) is 0 Å². The molecule has 0 atom stereocenters. The lowest BCUT2D eigenvalue weighted by Gasteiger charge is -2.16. The molecule has 2 heteroatoms. The molecule has 2 nitrogen and oxygen atoms in total. The molecule has 0 saturated heterocycles. The summed E-state index contributed by atoms with van der Waals surface area (Å²) in [6, 6.07) is 73.0. The van der Waals surface area contributed by atoms with Crippen LogP contribution in [-0.2, 0) is 0 Å². The van der Waals surface area contributed by atoms with Crippen LogP contribution in [0.3, 0.4) is 0 Å². The van der Waals surface area contributed by atoms with Gasteiger partial charge in [-0.25, -0.2) is 0 Å². The third-order valence-electron chi connectivity index (χ3n) is 9.08. The molecule has 0 aliphatic carbocycles. The van der Waals surface area contributed by atoms with E-state index in [-0.39, 0.29) is 0 Å². The highest BCUT2D eigenvalue weighted by molar-refractivity contribution is 5.88. The second-order valence-corrected chi connectivity index (χ2v) is 12.4. The van der Waals surface area contributed by atoms with Crippen LogP contribution in [0.4, 0.5) is 22.7 Å². The average Bonchev–Trinajstić information content (AvgIpc) is 3.20. The first-order valence-electron chi connectivity index (χ1n) is 17.0. The minimum atomic E-state index is 1.04. The molecule has 0 radical (unpaired) electrons. The molecule has 0 aliphatic heterocycles. The van der Waals surface area contributed by atoms with E-state index >= 15 is 0 Å². The molecule has 238 valence electrons. The van der Waals surface area contributed by atoms with E-state index in [1.165, 1.54) is 50.1 Å². The zero-order valence-electron chi connectivity index (χ0n) is 27.6. The Labute approximate surface area is 294 Å². The lowest BCUT2D eigenvalue weighted by atomic mass is 9.92. The summed E-state index contributed by atoms with van der Waals surface area (Å²) < 4.78 is 0. The van der Waals surface area contributed by atoms with Crippen LogP contribution in [0.15, 0.2) is 206 Å². The molecule has 8 rings (SSSR count). The predicted molar refractivity (Wildman–Crippen MR) is 213 cm³/mol. The molecule has 8 aromatic rings. The SMILES string of the molecule is c1ccc(-c2ccc(Nc3ccc(-c4ccc(Nc5ccc(-c6ccccc6)cc5)cc4-c4ccc(-c5ccccc5)cc4)cc3)cc2)cc1. The zero-order chi connectivity index (χ0) is 33.5. The molecular formula is C48H36N2. The topological polar surface area (TPSA) is 24.1 Å². The smallest absolute Gasteiger partial charge is 0.0390 e. The van der Waals surface area contributed by atoms with Crippen molar-refractivity contribution >= 4 is 22.7 Å². The second kappa shape index (κ2) is 14.2. The maximum Gasteiger partial charge on any atom is 0.0390 e. The van der Waals surface area contributed by atoms with Gasteiger partial charge in [0.05, 0.1) is 0 Å². The quantitative estimate of drug-likeness (QED) is 0.164. The molecule has 0 aromatic heterocycles. The fraction of sp³-hybridized carbons (Fsp3) is 0. The van der Waals surface area contributed by atoms with Gasteiger partial charge in [0, 0.05) is 22.7 Å². The highest BCUT2D eigenvalue weighted by Gasteiger charge is 2.11. The first kappa shape index (κ1) is 30.7. The van der Waals surface area contributed by atoms with E-state index in [0.29, 0.717) is 0 Å². The molecule has 0 saturated carbocycles. The van der Waals surface area contributed by atoms with Crippen LogP contribution in [-0.4, -0.2) is 0 Å². The number of hydrogen-bond donors (Lipinski definition) is 2. The number of benzene rings is 8. The van der Waals surface area contributed by atoms with Crippen molar-refractivity contribution in [2.24, 2.45) is 0 Å². The molecule has 0 fully saturated rings. The van der Waals surface area contributed by atoms with Crippen LogP contribution in [0.25, 0.3) is 55.6 Å². The van der Waals surface area contributed by atoms with E-state index < -0.39 is 0 Å². The summed E-state index contributed by atoms with van der Waals surface area (Å²) in [4.78, 5) is 0. The molecule has 2 N–H and O–H groups in total. The normalized spacial score (nSPS) is 10.8. The van der Waals surface area contributed by atoms with Gasteiger partial charge in [0.15, 0.2) is 0 Å². The largest absolute Gasteiger partial charge is 0.356 e. The zero-order valence-corrected chi connectivity index (χ0v) is 27.6. The molecule has 50 heavy (non-hydrogen) atoms. The standard InChI is InChI=1S/C48H36N2/c1-4-10-35(11-5-1)38-16-18-42(19-17-38)48-34-46(50-45-28-22-40(23-29-45)37-14-8-3-9-15-37)32-33-47(48)41-24-30-44(31-25-41)49-43-26-20-39(21-27-43)36-12-6-2-7-13-36/h1-34,49-50H. The number of anilines is 4. The predicted octanol–water partition coefficient (Wildman–Crippen LogP) is 13.5. The van der Waals surface area contributed by atoms with Crippen molar-refractivity contribution in [2.75, 3.05) is 10.6 Å². The minimum absolute atomic E-state index is 1.04. The summed E-state index contributed by atoms with van der Waals surface area (Å²) in [5.41, 5.74) is 16.1. The molecular weight excluding hydrogens is 605 g/mol. The van der Waals surface area contributed by atoms with Gasteiger partial charge < -0.3 is 10.6 Å². The van der Waals surface area contributed by atoms with Crippen molar-refractivity contribution in [1.82, 2.24) is 0 Å². The summed E-state index contributed by atoms with van der Waals surface area (Å²) in [5, 5.41) is 7.22. The number of rotatable bonds is 9. The highest BCUT2D eigenvalue weighted by atomic mass is 14.9. The summed E-state index contributed by atoms with van der Waals surface area (Å²) in [7, 11) is 0. The van der Waals surface area contributed by atoms with Crippen LogP contribution >= 0.6 is 0 Å². The van der Waals surface area contributed by atoms with Gasteiger partial charge in [0.25, 0.3) is 0 Å². The molecule has 0 amide bonds. The van der Waals surface area contributed by atoms with E-state index in [1.807, 2.05) is 12.1 Å². The molecule has 0 heterocycles. The first-order chi connectivity index (χ1) is 24.7. The third kappa shape index (κ3) is 6.96. The van der Waals surface area contributed by atoms with Gasteiger partial charge in [-0.15, -0.1) is 0 Å². The van der Waals surface area contributed by atoms with E-state index in [1.54, 1.807) is 0 Å². The average molecular weight is 641 g/mol. The highest BCUT2D eigenvalue weighted by Crippen LogP contribution is 2.37. The molecule has 0 bridgehead atoms. The maximum absolute atomic E-state index is 3.65. The van der Waals surface area contributed by atoms with Crippen molar-refractivity contribution in [3.63, 3.8) is 0 Å². The van der Waals surface area contributed by atoms with Crippen LogP contribution in [0, 0.1) is 0 Å². The van der Waals surface area contributed by atoms with Gasteiger partial charge in [0.2, 0.25) is 0 Å². The Hall–Kier alpha value is -6.64.